The highest BCUT2D eigenvalue weighted by Gasteiger charge is 2.23. The van der Waals surface area contributed by atoms with Crippen molar-refractivity contribution in [3.63, 3.8) is 0 Å². The van der Waals surface area contributed by atoms with Gasteiger partial charge in [-0.25, -0.2) is 17.4 Å². The second-order valence-electron chi connectivity index (χ2n) is 5.98. The van der Waals surface area contributed by atoms with Crippen LogP contribution in [-0.2, 0) is 10.0 Å². The number of benzene rings is 1. The Morgan fingerprint density at radius 2 is 1.88 bits per heavy atom. The van der Waals surface area contributed by atoms with Gasteiger partial charge in [0.25, 0.3) is 0 Å². The summed E-state index contributed by atoms with van der Waals surface area (Å²) in [5.74, 6) is 0.326. The van der Waals surface area contributed by atoms with E-state index in [1.54, 1.807) is 11.7 Å². The zero-order valence-corrected chi connectivity index (χ0v) is 15.8. The minimum atomic E-state index is -3.55. The Hall–Kier alpha value is -1.41. The van der Waals surface area contributed by atoms with E-state index in [4.69, 9.17) is 5.73 Å². The Labute approximate surface area is 150 Å². The van der Waals surface area contributed by atoms with Gasteiger partial charge in [-0.05, 0) is 24.5 Å². The molecule has 24 heavy (non-hydrogen) atoms. The largest absolute Gasteiger partial charge is 0.327 e. The molecule has 0 aliphatic heterocycles. The van der Waals surface area contributed by atoms with Crippen molar-refractivity contribution in [2.75, 3.05) is 13.6 Å². The fourth-order valence-corrected chi connectivity index (χ4v) is 3.24. The van der Waals surface area contributed by atoms with Crippen LogP contribution >= 0.6 is 12.4 Å². The molecule has 0 aliphatic carbocycles. The monoisotopic (exact) mass is 372 g/mol. The molecule has 0 amide bonds. The molecule has 2 N–H and O–H groups in total. The van der Waals surface area contributed by atoms with E-state index in [1.165, 1.54) is 16.7 Å². The standard InChI is InChI=1S/C16H24N4O2S.ClH/c1-13(2)16(17)9-10-19(3)23(21,22)15-11-18-20(12-15)14-7-5-4-6-8-14;/h4-8,11-13,16H,9-10,17H2,1-3H3;1H. The molecule has 0 saturated carbocycles. The van der Waals surface area contributed by atoms with Gasteiger partial charge in [-0.15, -0.1) is 12.4 Å². The number of nitrogens with zero attached hydrogens (tertiary/aromatic N) is 3. The number of hydrogen-bond acceptors (Lipinski definition) is 4. The van der Waals surface area contributed by atoms with Crippen LogP contribution in [0.3, 0.4) is 0 Å². The molecule has 0 aliphatic rings. The van der Waals surface area contributed by atoms with Crippen LogP contribution in [0, 0.1) is 5.92 Å². The summed E-state index contributed by atoms with van der Waals surface area (Å²) >= 11 is 0. The predicted molar refractivity (Wildman–Crippen MR) is 98.1 cm³/mol. The van der Waals surface area contributed by atoms with E-state index < -0.39 is 10.0 Å². The minimum Gasteiger partial charge on any atom is -0.327 e. The molecule has 2 aromatic rings. The Balaban J connectivity index is 0.00000288. The zero-order chi connectivity index (χ0) is 17.0. The molecule has 1 aromatic heterocycles. The van der Waals surface area contributed by atoms with Crippen molar-refractivity contribution >= 4 is 22.4 Å². The second kappa shape index (κ2) is 8.62. The molecule has 1 heterocycles. The van der Waals surface area contributed by atoms with Crippen molar-refractivity contribution in [1.82, 2.24) is 14.1 Å². The first-order valence-corrected chi connectivity index (χ1v) is 9.08. The molecule has 0 fully saturated rings. The van der Waals surface area contributed by atoms with Gasteiger partial charge in [0, 0.05) is 19.6 Å². The first-order chi connectivity index (χ1) is 10.8. The van der Waals surface area contributed by atoms with E-state index >= 15 is 0 Å². The molecule has 0 saturated heterocycles. The molecule has 8 heteroatoms. The van der Waals surface area contributed by atoms with Crippen LogP contribution in [0.25, 0.3) is 5.69 Å². The molecular weight excluding hydrogens is 348 g/mol. The third-order valence-corrected chi connectivity index (χ3v) is 5.73. The van der Waals surface area contributed by atoms with E-state index in [1.807, 2.05) is 44.2 Å². The first kappa shape index (κ1) is 20.6. The smallest absolute Gasteiger partial charge is 0.245 e. The van der Waals surface area contributed by atoms with Gasteiger partial charge in [-0.3, -0.25) is 0 Å². The Kier molecular flexibility index (Phi) is 7.41. The van der Waals surface area contributed by atoms with Gasteiger partial charge in [0.2, 0.25) is 10.0 Å². The summed E-state index contributed by atoms with van der Waals surface area (Å²) in [6.07, 6.45) is 3.53. The van der Waals surface area contributed by atoms with Crippen molar-refractivity contribution < 1.29 is 8.42 Å². The van der Waals surface area contributed by atoms with Crippen molar-refractivity contribution in [2.45, 2.75) is 31.2 Å². The lowest BCUT2D eigenvalue weighted by molar-refractivity contribution is 0.397. The maximum atomic E-state index is 12.6. The highest BCUT2D eigenvalue weighted by atomic mass is 35.5. The quantitative estimate of drug-likeness (QED) is 0.808. The molecule has 134 valence electrons. The highest BCUT2D eigenvalue weighted by Crippen LogP contribution is 2.16. The van der Waals surface area contributed by atoms with E-state index in [0.29, 0.717) is 18.9 Å². The molecule has 0 radical (unpaired) electrons. The summed E-state index contributed by atoms with van der Waals surface area (Å²) in [7, 11) is -1.98. The Morgan fingerprint density at radius 3 is 2.46 bits per heavy atom. The maximum absolute atomic E-state index is 12.6. The lowest BCUT2D eigenvalue weighted by Gasteiger charge is -2.20. The molecule has 0 spiro atoms. The van der Waals surface area contributed by atoms with Gasteiger partial charge >= 0.3 is 0 Å². The normalized spacial score (nSPS) is 13.1. The van der Waals surface area contributed by atoms with Gasteiger partial charge in [0.1, 0.15) is 4.90 Å². The van der Waals surface area contributed by atoms with E-state index in [2.05, 4.69) is 5.10 Å². The van der Waals surface area contributed by atoms with Crippen molar-refractivity contribution in [3.8, 4) is 5.69 Å². The summed E-state index contributed by atoms with van der Waals surface area (Å²) in [6.45, 7) is 4.45. The molecule has 0 bridgehead atoms. The summed E-state index contributed by atoms with van der Waals surface area (Å²) in [4.78, 5) is 0.182. The molecule has 1 unspecified atom stereocenters. The molecule has 1 atom stereocenters. The van der Waals surface area contributed by atoms with Crippen LogP contribution in [0.2, 0.25) is 0 Å². The SMILES string of the molecule is CC(C)C(N)CCN(C)S(=O)(=O)c1cnn(-c2ccccc2)c1.Cl. The van der Waals surface area contributed by atoms with Crippen LogP contribution in [-0.4, -0.2) is 42.1 Å². The Morgan fingerprint density at radius 1 is 1.25 bits per heavy atom. The second-order valence-corrected chi connectivity index (χ2v) is 8.02. The van der Waals surface area contributed by atoms with Gasteiger partial charge in [-0.2, -0.15) is 5.10 Å². The van der Waals surface area contributed by atoms with Crippen molar-refractivity contribution in [3.05, 3.63) is 42.7 Å². The van der Waals surface area contributed by atoms with Gasteiger partial charge in [-0.1, -0.05) is 32.0 Å². The molecule has 2 rings (SSSR count). The lowest BCUT2D eigenvalue weighted by atomic mass is 10.0. The van der Waals surface area contributed by atoms with Crippen molar-refractivity contribution in [2.24, 2.45) is 11.7 Å². The van der Waals surface area contributed by atoms with Crippen LogP contribution in [0.15, 0.2) is 47.6 Å². The van der Waals surface area contributed by atoms with E-state index in [-0.39, 0.29) is 23.3 Å². The number of sulfonamides is 1. The average molecular weight is 373 g/mol. The van der Waals surface area contributed by atoms with Crippen LogP contribution in [0.5, 0.6) is 0 Å². The number of para-hydroxylation sites is 1. The maximum Gasteiger partial charge on any atom is 0.245 e. The number of hydrogen-bond donors (Lipinski definition) is 1. The highest BCUT2D eigenvalue weighted by molar-refractivity contribution is 7.89. The van der Waals surface area contributed by atoms with Gasteiger partial charge in [0.15, 0.2) is 0 Å². The molecular formula is C16H25ClN4O2S. The van der Waals surface area contributed by atoms with Gasteiger partial charge in [0.05, 0.1) is 18.1 Å². The van der Waals surface area contributed by atoms with Crippen LogP contribution in [0.1, 0.15) is 20.3 Å². The van der Waals surface area contributed by atoms with Crippen molar-refractivity contribution in [1.29, 1.82) is 0 Å². The number of halogens is 1. The zero-order valence-electron chi connectivity index (χ0n) is 14.2. The molecule has 6 nitrogen and oxygen atoms in total. The third kappa shape index (κ3) is 4.80. The topological polar surface area (TPSA) is 81.2 Å². The lowest BCUT2D eigenvalue weighted by Crippen LogP contribution is -2.34. The predicted octanol–water partition coefficient (Wildman–Crippen LogP) is 2.29. The van der Waals surface area contributed by atoms with Crippen LogP contribution < -0.4 is 5.73 Å². The van der Waals surface area contributed by atoms with Crippen LogP contribution in [0.4, 0.5) is 0 Å². The fraction of sp³-hybridized carbons (Fsp3) is 0.438. The number of aromatic nitrogens is 2. The summed E-state index contributed by atoms with van der Waals surface area (Å²) < 4.78 is 28.1. The Bertz CT molecular complexity index is 732. The molecule has 1 aromatic carbocycles. The number of nitrogens with two attached hydrogens (primary N) is 1. The first-order valence-electron chi connectivity index (χ1n) is 7.64. The van der Waals surface area contributed by atoms with E-state index in [0.717, 1.165) is 5.69 Å². The minimum absolute atomic E-state index is 0. The van der Waals surface area contributed by atoms with E-state index in [9.17, 15) is 8.42 Å². The third-order valence-electron chi connectivity index (χ3n) is 3.92. The fourth-order valence-electron chi connectivity index (χ4n) is 2.13. The average Bonchev–Trinajstić information content (AvgIpc) is 3.03. The summed E-state index contributed by atoms with van der Waals surface area (Å²) in [5, 5.41) is 4.14. The van der Waals surface area contributed by atoms with Gasteiger partial charge < -0.3 is 5.73 Å². The number of rotatable bonds is 7. The summed E-state index contributed by atoms with van der Waals surface area (Å²) in [5.41, 5.74) is 6.81. The summed E-state index contributed by atoms with van der Waals surface area (Å²) in [6, 6.07) is 9.38.